The van der Waals surface area contributed by atoms with Crippen molar-refractivity contribution < 1.29 is 35.7 Å². The third kappa shape index (κ3) is 2.93. The van der Waals surface area contributed by atoms with Gasteiger partial charge in [-0.3, -0.25) is 0 Å². The molecule has 1 N–H and O–H groups in total. The van der Waals surface area contributed by atoms with Crippen molar-refractivity contribution in [2.75, 3.05) is 0 Å². The lowest BCUT2D eigenvalue weighted by molar-refractivity contribution is -0.135. The van der Waals surface area contributed by atoms with Crippen LogP contribution in [0.1, 0.15) is 0 Å². The standard InChI is InChI=1S/C4H3F3O5S/c1-2(3(8)9)12-13(10,11)4(5,6)7/h1H2,(H,8,9). The van der Waals surface area contributed by atoms with Gasteiger partial charge in [0.2, 0.25) is 5.76 Å². The summed E-state index contributed by atoms with van der Waals surface area (Å²) in [5, 5.41) is 7.95. The molecule has 0 atom stereocenters. The average molecular weight is 220 g/mol. The number of alkyl halides is 3. The van der Waals surface area contributed by atoms with Crippen LogP contribution in [0, 0.1) is 0 Å². The molecule has 0 aliphatic rings. The molecule has 0 amide bonds. The van der Waals surface area contributed by atoms with Gasteiger partial charge in [0, 0.05) is 0 Å². The topological polar surface area (TPSA) is 80.7 Å². The van der Waals surface area contributed by atoms with E-state index in [0.29, 0.717) is 0 Å². The minimum atomic E-state index is -5.92. The molecular weight excluding hydrogens is 217 g/mol. The summed E-state index contributed by atoms with van der Waals surface area (Å²) in [6, 6.07) is 0. The number of carboxylic acids is 1. The Labute approximate surface area is 70.5 Å². The molecule has 0 spiro atoms. The van der Waals surface area contributed by atoms with Crippen LogP contribution in [0.25, 0.3) is 0 Å². The molecule has 76 valence electrons. The van der Waals surface area contributed by atoms with Gasteiger partial charge >= 0.3 is 21.6 Å². The molecule has 5 nitrogen and oxygen atoms in total. The Morgan fingerprint density at radius 1 is 1.38 bits per heavy atom. The fourth-order valence-electron chi connectivity index (χ4n) is 0.215. The van der Waals surface area contributed by atoms with Gasteiger partial charge in [0.1, 0.15) is 0 Å². The first-order valence-corrected chi connectivity index (χ1v) is 3.91. The Morgan fingerprint density at radius 2 is 1.77 bits per heavy atom. The summed E-state index contributed by atoms with van der Waals surface area (Å²) in [7, 11) is -5.92. The summed E-state index contributed by atoms with van der Waals surface area (Å²) in [6.45, 7) is 2.45. The van der Waals surface area contributed by atoms with Gasteiger partial charge in [-0.05, 0) is 6.58 Å². The Kier molecular flexibility index (Phi) is 2.93. The van der Waals surface area contributed by atoms with Crippen molar-refractivity contribution in [3.8, 4) is 0 Å². The van der Waals surface area contributed by atoms with Crippen molar-refractivity contribution in [1.29, 1.82) is 0 Å². The Bertz CT molecular complexity index is 326. The highest BCUT2D eigenvalue weighted by Gasteiger charge is 2.49. The average Bonchev–Trinajstić information content (AvgIpc) is 1.83. The van der Waals surface area contributed by atoms with E-state index >= 15 is 0 Å². The number of halogens is 3. The van der Waals surface area contributed by atoms with Gasteiger partial charge in [0.25, 0.3) is 0 Å². The van der Waals surface area contributed by atoms with Crippen molar-refractivity contribution in [1.82, 2.24) is 0 Å². The number of carbonyl (C=O) groups is 1. The van der Waals surface area contributed by atoms with Gasteiger partial charge in [-0.25, -0.2) is 4.79 Å². The first kappa shape index (κ1) is 11.8. The molecule has 0 heterocycles. The molecule has 0 saturated heterocycles. The normalized spacial score (nSPS) is 12.2. The molecular formula is C4H3F3O5S. The maximum absolute atomic E-state index is 11.5. The zero-order chi connectivity index (χ0) is 10.9. The van der Waals surface area contributed by atoms with Crippen LogP contribution in [0.2, 0.25) is 0 Å². The maximum atomic E-state index is 11.5. The van der Waals surface area contributed by atoms with E-state index in [2.05, 4.69) is 10.8 Å². The Balaban J connectivity index is 4.75. The summed E-state index contributed by atoms with van der Waals surface area (Å²) < 4.78 is 57.8. The van der Waals surface area contributed by atoms with Gasteiger partial charge in [-0.15, -0.1) is 0 Å². The molecule has 0 aromatic heterocycles. The summed E-state index contributed by atoms with van der Waals surface area (Å²) >= 11 is 0. The van der Waals surface area contributed by atoms with Crippen molar-refractivity contribution in [3.63, 3.8) is 0 Å². The maximum Gasteiger partial charge on any atom is 0.534 e. The lowest BCUT2D eigenvalue weighted by atomic mass is 10.6. The van der Waals surface area contributed by atoms with Crippen molar-refractivity contribution in [2.24, 2.45) is 0 Å². The van der Waals surface area contributed by atoms with Gasteiger partial charge in [0.05, 0.1) is 0 Å². The third-order valence-electron chi connectivity index (χ3n) is 0.732. The quantitative estimate of drug-likeness (QED) is 0.323. The van der Waals surface area contributed by atoms with E-state index in [9.17, 15) is 26.4 Å². The van der Waals surface area contributed by atoms with Crippen LogP contribution in [0.5, 0.6) is 0 Å². The molecule has 0 aliphatic carbocycles. The first-order chi connectivity index (χ1) is 5.58. The van der Waals surface area contributed by atoms with E-state index in [1.54, 1.807) is 0 Å². The smallest absolute Gasteiger partial charge is 0.475 e. The van der Waals surface area contributed by atoms with Crippen molar-refractivity contribution in [3.05, 3.63) is 12.3 Å². The molecule has 0 unspecified atom stereocenters. The van der Waals surface area contributed by atoms with Crippen LogP contribution in [0.4, 0.5) is 13.2 Å². The Morgan fingerprint density at radius 3 is 2.00 bits per heavy atom. The third-order valence-corrected chi connectivity index (χ3v) is 1.72. The highest BCUT2D eigenvalue weighted by Crippen LogP contribution is 2.26. The highest BCUT2D eigenvalue weighted by atomic mass is 32.2. The van der Waals surface area contributed by atoms with E-state index in [0.717, 1.165) is 0 Å². The van der Waals surface area contributed by atoms with E-state index in [-0.39, 0.29) is 0 Å². The lowest BCUT2D eigenvalue weighted by Gasteiger charge is -2.07. The second-order valence-electron chi connectivity index (χ2n) is 1.71. The van der Waals surface area contributed by atoms with Gasteiger partial charge < -0.3 is 9.29 Å². The molecule has 0 aliphatic heterocycles. The second kappa shape index (κ2) is 3.24. The van der Waals surface area contributed by atoms with Crippen molar-refractivity contribution in [2.45, 2.75) is 5.51 Å². The largest absolute Gasteiger partial charge is 0.534 e. The summed E-state index contributed by atoms with van der Waals surface area (Å²) in [6.07, 6.45) is 0. The zero-order valence-corrected chi connectivity index (χ0v) is 6.65. The molecule has 0 radical (unpaired) electrons. The summed E-state index contributed by atoms with van der Waals surface area (Å²) in [5.41, 5.74) is -5.66. The van der Waals surface area contributed by atoms with Crippen LogP contribution in [-0.4, -0.2) is 25.0 Å². The molecule has 0 rings (SSSR count). The molecule has 9 heteroatoms. The monoisotopic (exact) mass is 220 g/mol. The number of aliphatic carboxylic acids is 1. The van der Waals surface area contributed by atoms with E-state index in [1.807, 2.05) is 0 Å². The number of carboxylic acid groups (broad SMARTS) is 1. The van der Waals surface area contributed by atoms with Gasteiger partial charge in [0.15, 0.2) is 0 Å². The second-order valence-corrected chi connectivity index (χ2v) is 3.25. The van der Waals surface area contributed by atoms with E-state index in [4.69, 9.17) is 5.11 Å². The zero-order valence-electron chi connectivity index (χ0n) is 5.83. The summed E-state index contributed by atoms with van der Waals surface area (Å²) in [4.78, 5) is 9.85. The molecule has 0 saturated carbocycles. The van der Waals surface area contributed by atoms with Crippen LogP contribution in [0.3, 0.4) is 0 Å². The number of hydrogen-bond donors (Lipinski definition) is 1. The highest BCUT2D eigenvalue weighted by molar-refractivity contribution is 7.87. The Hall–Kier alpha value is -1.25. The lowest BCUT2D eigenvalue weighted by Crippen LogP contribution is -2.26. The van der Waals surface area contributed by atoms with Crippen LogP contribution in [0.15, 0.2) is 12.3 Å². The number of rotatable bonds is 3. The SMILES string of the molecule is C=C(OS(=O)(=O)C(F)(F)F)C(=O)O. The molecule has 0 bridgehead atoms. The van der Waals surface area contributed by atoms with Gasteiger partial charge in [-0.2, -0.15) is 21.6 Å². The predicted octanol–water partition coefficient (Wildman–Crippen LogP) is 0.451. The van der Waals surface area contributed by atoms with E-state index in [1.165, 1.54) is 0 Å². The fraction of sp³-hybridized carbons (Fsp3) is 0.250. The van der Waals surface area contributed by atoms with Crippen LogP contribution >= 0.6 is 0 Å². The van der Waals surface area contributed by atoms with Crippen molar-refractivity contribution >= 4 is 16.1 Å². The molecule has 0 fully saturated rings. The molecule has 0 aromatic rings. The predicted molar refractivity (Wildman–Crippen MR) is 32.8 cm³/mol. The fourth-order valence-corrected chi connectivity index (χ4v) is 0.646. The summed E-state index contributed by atoms with van der Waals surface area (Å²) in [5.74, 6) is -3.51. The van der Waals surface area contributed by atoms with E-state index < -0.39 is 27.4 Å². The minimum Gasteiger partial charge on any atom is -0.475 e. The first-order valence-electron chi connectivity index (χ1n) is 2.51. The van der Waals surface area contributed by atoms with Crippen LogP contribution in [-0.2, 0) is 19.1 Å². The number of hydrogen-bond acceptors (Lipinski definition) is 4. The van der Waals surface area contributed by atoms with Gasteiger partial charge in [-0.1, -0.05) is 0 Å². The van der Waals surface area contributed by atoms with Crippen LogP contribution < -0.4 is 0 Å². The molecule has 13 heavy (non-hydrogen) atoms. The minimum absolute atomic E-state index is 1.52. The molecule has 0 aromatic carbocycles.